The van der Waals surface area contributed by atoms with Crippen molar-refractivity contribution < 1.29 is 8.42 Å². The summed E-state index contributed by atoms with van der Waals surface area (Å²) in [6.07, 6.45) is 7.30. The molecule has 2 atom stereocenters. The van der Waals surface area contributed by atoms with Crippen molar-refractivity contribution in [1.82, 2.24) is 10.0 Å². The van der Waals surface area contributed by atoms with Gasteiger partial charge in [0, 0.05) is 6.04 Å². The Balaban J connectivity index is 1.97. The topological polar surface area (TPSA) is 58.2 Å². The average Bonchev–Trinajstić information content (AvgIpc) is 2.56. The SMILES string of the molecule is CC1CCCCCC1NS(=O)(=O)C1CCNCC1. The van der Waals surface area contributed by atoms with E-state index in [1.165, 1.54) is 12.8 Å². The number of nitrogens with one attached hydrogen (secondary N) is 2. The normalized spacial score (nSPS) is 32.1. The summed E-state index contributed by atoms with van der Waals surface area (Å²) in [7, 11) is -3.12. The van der Waals surface area contributed by atoms with Crippen molar-refractivity contribution in [2.45, 2.75) is 63.2 Å². The van der Waals surface area contributed by atoms with E-state index in [9.17, 15) is 8.42 Å². The Hall–Kier alpha value is -0.130. The van der Waals surface area contributed by atoms with Gasteiger partial charge in [-0.15, -0.1) is 0 Å². The van der Waals surface area contributed by atoms with Crippen LogP contribution in [0.1, 0.15) is 51.9 Å². The molecule has 18 heavy (non-hydrogen) atoms. The van der Waals surface area contributed by atoms with Gasteiger partial charge in [-0.05, 0) is 44.7 Å². The van der Waals surface area contributed by atoms with Crippen molar-refractivity contribution in [1.29, 1.82) is 0 Å². The van der Waals surface area contributed by atoms with Crippen molar-refractivity contribution in [3.63, 3.8) is 0 Å². The molecule has 0 bridgehead atoms. The lowest BCUT2D eigenvalue weighted by molar-refractivity contribution is 0.393. The van der Waals surface area contributed by atoms with E-state index >= 15 is 0 Å². The molecule has 4 nitrogen and oxygen atoms in total. The summed E-state index contributed by atoms with van der Waals surface area (Å²) in [6, 6.07) is 0.160. The molecule has 0 radical (unpaired) electrons. The van der Waals surface area contributed by atoms with Crippen LogP contribution in [-0.2, 0) is 10.0 Å². The number of hydrogen-bond donors (Lipinski definition) is 2. The minimum Gasteiger partial charge on any atom is -0.317 e. The number of piperidine rings is 1. The van der Waals surface area contributed by atoms with Crippen LogP contribution in [0.4, 0.5) is 0 Å². The predicted molar refractivity (Wildman–Crippen MR) is 74.0 cm³/mol. The zero-order valence-electron chi connectivity index (χ0n) is 11.3. The van der Waals surface area contributed by atoms with E-state index in [2.05, 4.69) is 17.0 Å². The van der Waals surface area contributed by atoms with Gasteiger partial charge >= 0.3 is 0 Å². The minimum absolute atomic E-state index is 0.160. The highest BCUT2D eigenvalue weighted by Crippen LogP contribution is 2.24. The van der Waals surface area contributed by atoms with E-state index in [4.69, 9.17) is 0 Å². The van der Waals surface area contributed by atoms with E-state index in [0.717, 1.165) is 45.2 Å². The predicted octanol–water partition coefficient (Wildman–Crippen LogP) is 1.63. The summed E-state index contributed by atoms with van der Waals surface area (Å²) in [5.41, 5.74) is 0. The third kappa shape index (κ3) is 3.68. The Morgan fingerprint density at radius 3 is 2.39 bits per heavy atom. The first-order chi connectivity index (χ1) is 8.59. The number of sulfonamides is 1. The molecule has 0 aromatic carbocycles. The Labute approximate surface area is 111 Å². The fraction of sp³-hybridized carbons (Fsp3) is 1.00. The van der Waals surface area contributed by atoms with Gasteiger partial charge in [-0.1, -0.05) is 26.2 Å². The van der Waals surface area contributed by atoms with E-state index < -0.39 is 10.0 Å². The molecule has 106 valence electrons. The minimum atomic E-state index is -3.12. The third-order valence-corrected chi connectivity index (χ3v) is 6.38. The first-order valence-electron chi connectivity index (χ1n) is 7.31. The summed E-state index contributed by atoms with van der Waals surface area (Å²) >= 11 is 0. The van der Waals surface area contributed by atoms with E-state index in [1.807, 2.05) is 0 Å². The smallest absolute Gasteiger partial charge is 0.214 e. The lowest BCUT2D eigenvalue weighted by atomic mass is 9.98. The van der Waals surface area contributed by atoms with Crippen LogP contribution in [0.25, 0.3) is 0 Å². The highest BCUT2D eigenvalue weighted by molar-refractivity contribution is 7.90. The second kappa shape index (κ2) is 6.35. The lowest BCUT2D eigenvalue weighted by Gasteiger charge is -2.28. The fourth-order valence-corrected chi connectivity index (χ4v) is 4.90. The van der Waals surface area contributed by atoms with Crippen LogP contribution >= 0.6 is 0 Å². The number of hydrogen-bond acceptors (Lipinski definition) is 3. The molecule has 0 spiro atoms. The second-order valence-corrected chi connectivity index (χ2v) is 7.83. The van der Waals surface area contributed by atoms with Gasteiger partial charge in [-0.25, -0.2) is 13.1 Å². The molecule has 2 N–H and O–H groups in total. The van der Waals surface area contributed by atoms with Crippen molar-refractivity contribution in [2.75, 3.05) is 13.1 Å². The molecule has 1 saturated heterocycles. The monoisotopic (exact) mass is 274 g/mol. The van der Waals surface area contributed by atoms with Crippen molar-refractivity contribution in [3.05, 3.63) is 0 Å². The summed E-state index contributed by atoms with van der Waals surface area (Å²) in [6.45, 7) is 3.83. The second-order valence-electron chi connectivity index (χ2n) is 5.83. The van der Waals surface area contributed by atoms with Gasteiger partial charge in [0.2, 0.25) is 10.0 Å². The molecule has 5 heteroatoms. The Kier molecular flexibility index (Phi) is 5.04. The highest BCUT2D eigenvalue weighted by atomic mass is 32.2. The molecule has 1 saturated carbocycles. The lowest BCUT2D eigenvalue weighted by Crippen LogP contribution is -2.46. The first-order valence-corrected chi connectivity index (χ1v) is 8.86. The van der Waals surface area contributed by atoms with Crippen LogP contribution in [0, 0.1) is 5.92 Å². The molecule has 0 aromatic heterocycles. The van der Waals surface area contributed by atoms with Gasteiger partial charge in [-0.3, -0.25) is 0 Å². The maximum absolute atomic E-state index is 12.4. The molecular weight excluding hydrogens is 248 g/mol. The molecule has 1 heterocycles. The Morgan fingerprint density at radius 2 is 1.67 bits per heavy atom. The van der Waals surface area contributed by atoms with E-state index in [0.29, 0.717) is 5.92 Å². The van der Waals surface area contributed by atoms with Gasteiger partial charge in [-0.2, -0.15) is 0 Å². The van der Waals surface area contributed by atoms with Crippen LogP contribution in [0.5, 0.6) is 0 Å². The quantitative estimate of drug-likeness (QED) is 0.769. The first kappa shape index (κ1) is 14.3. The molecule has 2 rings (SSSR count). The third-order valence-electron chi connectivity index (χ3n) is 4.40. The van der Waals surface area contributed by atoms with Crippen molar-refractivity contribution in [3.8, 4) is 0 Å². The van der Waals surface area contributed by atoms with Crippen LogP contribution < -0.4 is 10.0 Å². The summed E-state index contributed by atoms with van der Waals surface area (Å²) in [4.78, 5) is 0. The van der Waals surface area contributed by atoms with Crippen LogP contribution in [0.15, 0.2) is 0 Å². The molecule has 2 aliphatic rings. The standard InChI is InChI=1S/C13H26N2O2S/c1-11-5-3-2-4-6-13(11)15-18(16,17)12-7-9-14-10-8-12/h11-15H,2-10H2,1H3. The Bertz CT molecular complexity index is 350. The van der Waals surface area contributed by atoms with Gasteiger partial charge < -0.3 is 5.32 Å². The molecule has 2 unspecified atom stereocenters. The molecule has 1 aliphatic heterocycles. The average molecular weight is 274 g/mol. The molecule has 0 aromatic rings. The summed E-state index contributed by atoms with van der Waals surface area (Å²) < 4.78 is 27.7. The van der Waals surface area contributed by atoms with Crippen LogP contribution in [0.3, 0.4) is 0 Å². The van der Waals surface area contributed by atoms with E-state index in [1.54, 1.807) is 0 Å². The zero-order chi connectivity index (χ0) is 13.0. The van der Waals surface area contributed by atoms with Crippen LogP contribution in [-0.4, -0.2) is 32.8 Å². The van der Waals surface area contributed by atoms with Gasteiger partial charge in [0.25, 0.3) is 0 Å². The Morgan fingerprint density at radius 1 is 1.00 bits per heavy atom. The summed E-state index contributed by atoms with van der Waals surface area (Å²) in [5.74, 6) is 0.476. The molecule has 2 fully saturated rings. The van der Waals surface area contributed by atoms with Crippen molar-refractivity contribution in [2.24, 2.45) is 5.92 Å². The van der Waals surface area contributed by atoms with Crippen LogP contribution in [0.2, 0.25) is 0 Å². The van der Waals surface area contributed by atoms with E-state index in [-0.39, 0.29) is 11.3 Å². The maximum atomic E-state index is 12.4. The zero-order valence-corrected chi connectivity index (χ0v) is 12.1. The van der Waals surface area contributed by atoms with Crippen molar-refractivity contribution >= 4 is 10.0 Å². The number of rotatable bonds is 3. The summed E-state index contributed by atoms with van der Waals surface area (Å²) in [5, 5.41) is 3.03. The van der Waals surface area contributed by atoms with Gasteiger partial charge in [0.15, 0.2) is 0 Å². The highest BCUT2D eigenvalue weighted by Gasteiger charge is 2.31. The molecule has 0 amide bonds. The van der Waals surface area contributed by atoms with Gasteiger partial charge in [0.05, 0.1) is 5.25 Å². The largest absolute Gasteiger partial charge is 0.317 e. The molecular formula is C13H26N2O2S. The molecule has 1 aliphatic carbocycles. The fourth-order valence-electron chi connectivity index (χ4n) is 3.08. The van der Waals surface area contributed by atoms with Gasteiger partial charge in [0.1, 0.15) is 0 Å². The maximum Gasteiger partial charge on any atom is 0.214 e.